The lowest BCUT2D eigenvalue weighted by molar-refractivity contribution is 0.0639. The van der Waals surface area contributed by atoms with Gasteiger partial charge in [0.1, 0.15) is 6.00 Å². The molecule has 0 bridgehead atoms. The first-order chi connectivity index (χ1) is 8.24. The van der Waals surface area contributed by atoms with Gasteiger partial charge in [0.25, 0.3) is 11.8 Å². The van der Waals surface area contributed by atoms with Gasteiger partial charge >= 0.3 is 0 Å². The molecular weight excluding hydrogens is 238 g/mol. The van der Waals surface area contributed by atoms with Gasteiger partial charge in [-0.25, -0.2) is 0 Å². The summed E-state index contributed by atoms with van der Waals surface area (Å²) in [4.78, 5) is 25.2. The molecule has 0 fully saturated rings. The van der Waals surface area contributed by atoms with Gasteiger partial charge in [-0.05, 0) is 17.5 Å². The Morgan fingerprint density at radius 3 is 1.94 bits per heavy atom. The second kappa shape index (κ2) is 3.57. The standard InChI is InChI=1S/C13H8ClNO2/c14-7-15-12(16)9-5-1-3-8-4-2-6-10(11(8)9)13(15)17/h1-6H,7H2. The number of hydrogen-bond acceptors (Lipinski definition) is 2. The van der Waals surface area contributed by atoms with Crippen LogP contribution in [0, 0.1) is 0 Å². The maximum atomic E-state index is 12.1. The summed E-state index contributed by atoms with van der Waals surface area (Å²) in [6.07, 6.45) is 0. The summed E-state index contributed by atoms with van der Waals surface area (Å²) < 4.78 is 0. The number of imide groups is 1. The third-order valence-electron chi connectivity index (χ3n) is 2.98. The van der Waals surface area contributed by atoms with Crippen molar-refractivity contribution in [3.05, 3.63) is 47.5 Å². The summed E-state index contributed by atoms with van der Waals surface area (Å²) in [7, 11) is 0. The van der Waals surface area contributed by atoms with E-state index in [1.807, 2.05) is 24.3 Å². The van der Waals surface area contributed by atoms with E-state index in [-0.39, 0.29) is 17.8 Å². The summed E-state index contributed by atoms with van der Waals surface area (Å²) in [5.74, 6) is -0.649. The SMILES string of the molecule is O=C1c2cccc3cccc(c23)C(=O)N1CCl. The summed E-state index contributed by atoms with van der Waals surface area (Å²) in [6, 6.07) is 10.7. The summed E-state index contributed by atoms with van der Waals surface area (Å²) in [6.45, 7) is 0. The van der Waals surface area contributed by atoms with E-state index in [1.54, 1.807) is 12.1 Å². The first-order valence-electron chi connectivity index (χ1n) is 5.18. The van der Waals surface area contributed by atoms with Crippen LogP contribution >= 0.6 is 11.6 Å². The zero-order valence-corrected chi connectivity index (χ0v) is 9.57. The van der Waals surface area contributed by atoms with Gasteiger partial charge in [0.2, 0.25) is 0 Å². The third-order valence-corrected chi connectivity index (χ3v) is 3.21. The number of amides is 2. The lowest BCUT2D eigenvalue weighted by atomic mass is 9.94. The van der Waals surface area contributed by atoms with E-state index in [0.29, 0.717) is 11.1 Å². The van der Waals surface area contributed by atoms with Crippen LogP contribution in [0.1, 0.15) is 20.7 Å². The monoisotopic (exact) mass is 245 g/mol. The third kappa shape index (κ3) is 1.29. The molecule has 4 heteroatoms. The van der Waals surface area contributed by atoms with Crippen LogP contribution in [0.25, 0.3) is 10.8 Å². The van der Waals surface area contributed by atoms with Gasteiger partial charge in [0.15, 0.2) is 0 Å². The summed E-state index contributed by atoms with van der Waals surface area (Å²) >= 11 is 5.66. The van der Waals surface area contributed by atoms with Gasteiger partial charge < -0.3 is 0 Å². The van der Waals surface area contributed by atoms with E-state index in [0.717, 1.165) is 15.7 Å². The van der Waals surface area contributed by atoms with Crippen LogP contribution in [-0.4, -0.2) is 22.7 Å². The molecular formula is C13H8ClNO2. The van der Waals surface area contributed by atoms with Crippen LogP contribution in [0.2, 0.25) is 0 Å². The minimum absolute atomic E-state index is 0.123. The van der Waals surface area contributed by atoms with Crippen molar-refractivity contribution in [2.45, 2.75) is 0 Å². The minimum Gasteiger partial charge on any atom is -0.269 e. The number of rotatable bonds is 1. The van der Waals surface area contributed by atoms with Crippen LogP contribution in [0.5, 0.6) is 0 Å². The van der Waals surface area contributed by atoms with Gasteiger partial charge in [-0.3, -0.25) is 14.5 Å². The number of alkyl halides is 1. The Balaban J connectivity index is 2.43. The van der Waals surface area contributed by atoms with E-state index in [4.69, 9.17) is 11.6 Å². The Bertz CT molecular complexity index is 600. The highest BCUT2D eigenvalue weighted by molar-refractivity contribution is 6.29. The van der Waals surface area contributed by atoms with Gasteiger partial charge in [-0.15, -0.1) is 11.6 Å². The molecule has 1 aliphatic heterocycles. The molecule has 0 saturated heterocycles. The highest BCUT2D eigenvalue weighted by atomic mass is 35.5. The van der Waals surface area contributed by atoms with Crippen molar-refractivity contribution < 1.29 is 9.59 Å². The first-order valence-corrected chi connectivity index (χ1v) is 5.71. The maximum Gasteiger partial charge on any atom is 0.262 e. The molecule has 2 amide bonds. The highest BCUT2D eigenvalue weighted by Gasteiger charge is 2.31. The number of halogens is 1. The molecule has 1 aliphatic rings. The second-order valence-electron chi connectivity index (χ2n) is 3.87. The molecule has 2 aromatic rings. The Hall–Kier alpha value is -1.87. The zero-order valence-electron chi connectivity index (χ0n) is 8.81. The van der Waals surface area contributed by atoms with E-state index in [9.17, 15) is 9.59 Å². The molecule has 0 saturated carbocycles. The van der Waals surface area contributed by atoms with Crippen LogP contribution in [-0.2, 0) is 0 Å². The van der Waals surface area contributed by atoms with Crippen molar-refractivity contribution >= 4 is 34.2 Å². The van der Waals surface area contributed by atoms with Gasteiger partial charge in [0, 0.05) is 16.5 Å². The van der Waals surface area contributed by atoms with Crippen LogP contribution in [0.3, 0.4) is 0 Å². The normalized spacial score (nSPS) is 14.5. The molecule has 0 atom stereocenters. The number of hydrogen-bond donors (Lipinski definition) is 0. The molecule has 3 rings (SSSR count). The number of carbonyl (C=O) groups is 2. The molecule has 2 aromatic carbocycles. The Morgan fingerprint density at radius 2 is 1.47 bits per heavy atom. The van der Waals surface area contributed by atoms with Crippen molar-refractivity contribution in [3.63, 3.8) is 0 Å². The summed E-state index contributed by atoms with van der Waals surface area (Å²) in [5, 5.41) is 1.63. The van der Waals surface area contributed by atoms with E-state index < -0.39 is 0 Å². The second-order valence-corrected chi connectivity index (χ2v) is 4.11. The van der Waals surface area contributed by atoms with E-state index >= 15 is 0 Å². The first kappa shape index (κ1) is 10.3. The van der Waals surface area contributed by atoms with Crippen LogP contribution < -0.4 is 0 Å². The van der Waals surface area contributed by atoms with Crippen molar-refractivity contribution in [1.82, 2.24) is 4.90 Å². The molecule has 0 aliphatic carbocycles. The number of nitrogens with zero attached hydrogens (tertiary/aromatic N) is 1. The fraction of sp³-hybridized carbons (Fsp3) is 0.0769. The van der Waals surface area contributed by atoms with Crippen molar-refractivity contribution in [3.8, 4) is 0 Å². The van der Waals surface area contributed by atoms with Crippen molar-refractivity contribution in [2.75, 3.05) is 6.00 Å². The van der Waals surface area contributed by atoms with E-state index in [1.165, 1.54) is 0 Å². The predicted octanol–water partition coefficient (Wildman–Crippen LogP) is 2.63. The van der Waals surface area contributed by atoms with Crippen LogP contribution in [0.4, 0.5) is 0 Å². The molecule has 0 unspecified atom stereocenters. The average Bonchev–Trinajstić information content (AvgIpc) is 2.36. The number of carbonyl (C=O) groups excluding carboxylic acids is 2. The van der Waals surface area contributed by atoms with Gasteiger partial charge in [-0.2, -0.15) is 0 Å². The Labute approximate surface area is 103 Å². The minimum atomic E-state index is -0.325. The molecule has 84 valence electrons. The highest BCUT2D eigenvalue weighted by Crippen LogP contribution is 2.29. The fourth-order valence-corrected chi connectivity index (χ4v) is 2.41. The molecule has 0 aromatic heterocycles. The lowest BCUT2D eigenvalue weighted by Crippen LogP contribution is -2.39. The van der Waals surface area contributed by atoms with Crippen LogP contribution in [0.15, 0.2) is 36.4 Å². The topological polar surface area (TPSA) is 37.4 Å². The zero-order chi connectivity index (χ0) is 12.0. The quantitative estimate of drug-likeness (QED) is 0.440. The Kier molecular flexibility index (Phi) is 2.16. The van der Waals surface area contributed by atoms with Gasteiger partial charge in [0.05, 0.1) is 0 Å². The summed E-state index contributed by atoms with van der Waals surface area (Å²) in [5.41, 5.74) is 1.08. The average molecular weight is 246 g/mol. The Morgan fingerprint density at radius 1 is 0.941 bits per heavy atom. The van der Waals surface area contributed by atoms with Crippen molar-refractivity contribution in [2.24, 2.45) is 0 Å². The molecule has 0 N–H and O–H groups in total. The van der Waals surface area contributed by atoms with Crippen molar-refractivity contribution in [1.29, 1.82) is 0 Å². The fourth-order valence-electron chi connectivity index (χ4n) is 2.19. The number of benzene rings is 2. The molecule has 3 nitrogen and oxygen atoms in total. The molecule has 0 radical (unpaired) electrons. The lowest BCUT2D eigenvalue weighted by Gasteiger charge is -2.24. The largest absolute Gasteiger partial charge is 0.269 e. The predicted molar refractivity (Wildman–Crippen MR) is 65.2 cm³/mol. The smallest absolute Gasteiger partial charge is 0.262 e. The molecule has 1 heterocycles. The maximum absolute atomic E-state index is 12.1. The molecule has 17 heavy (non-hydrogen) atoms. The van der Waals surface area contributed by atoms with Gasteiger partial charge in [-0.1, -0.05) is 24.3 Å². The molecule has 0 spiro atoms. The van der Waals surface area contributed by atoms with E-state index in [2.05, 4.69) is 0 Å².